The van der Waals surface area contributed by atoms with Gasteiger partial charge >= 0.3 is 5.97 Å². The van der Waals surface area contributed by atoms with Crippen LogP contribution in [0.2, 0.25) is 0 Å². The molecule has 0 aliphatic carbocycles. The lowest BCUT2D eigenvalue weighted by Crippen LogP contribution is -2.23. The highest BCUT2D eigenvalue weighted by Gasteiger charge is 2.22. The highest BCUT2D eigenvalue weighted by Crippen LogP contribution is 2.21. The van der Waals surface area contributed by atoms with Gasteiger partial charge in [-0.05, 0) is 26.7 Å². The lowest BCUT2D eigenvalue weighted by Gasteiger charge is -2.14. The van der Waals surface area contributed by atoms with E-state index >= 15 is 0 Å². The number of aliphatic carboxylic acids is 1. The third kappa shape index (κ3) is 6.95. The van der Waals surface area contributed by atoms with Crippen LogP contribution in [0.15, 0.2) is 0 Å². The minimum Gasteiger partial charge on any atom is -0.481 e. The van der Waals surface area contributed by atoms with Gasteiger partial charge in [0.05, 0.1) is 28.9 Å². The molecule has 0 rings (SSSR count). The second-order valence-electron chi connectivity index (χ2n) is 4.95. The third-order valence-corrected chi connectivity index (χ3v) is 4.40. The molecule has 1 N–H and O–H groups in total. The first kappa shape index (κ1) is 15.9. The summed E-state index contributed by atoms with van der Waals surface area (Å²) in [4.78, 5) is 10.5. The number of carboxylic acids is 1. The van der Waals surface area contributed by atoms with E-state index in [1.165, 1.54) is 6.92 Å². The molecule has 0 radical (unpaired) electrons. The van der Waals surface area contributed by atoms with Gasteiger partial charge in [-0.15, -0.1) is 0 Å². The molecule has 0 aromatic heterocycles. The first-order valence-corrected chi connectivity index (χ1v) is 7.26. The lowest BCUT2D eigenvalue weighted by molar-refractivity contribution is -0.140. The Morgan fingerprint density at radius 3 is 2.41 bits per heavy atom. The van der Waals surface area contributed by atoms with Gasteiger partial charge in [0.15, 0.2) is 9.84 Å². The van der Waals surface area contributed by atoms with Crippen molar-refractivity contribution < 1.29 is 18.3 Å². The third-order valence-electron chi connectivity index (χ3n) is 2.49. The largest absolute Gasteiger partial charge is 0.481 e. The summed E-state index contributed by atoms with van der Waals surface area (Å²) in [7, 11) is -3.35. The quantitative estimate of drug-likeness (QED) is 0.748. The molecule has 5 nitrogen and oxygen atoms in total. The number of nitrogens with zero attached hydrogens (tertiary/aromatic N) is 1. The lowest BCUT2D eigenvalue weighted by atomic mass is 9.90. The highest BCUT2D eigenvalue weighted by molar-refractivity contribution is 7.91. The minimum absolute atomic E-state index is 0.0598. The second-order valence-corrected chi connectivity index (χ2v) is 7.18. The Kier molecular flexibility index (Phi) is 5.62. The zero-order valence-electron chi connectivity index (χ0n) is 10.4. The zero-order chi connectivity index (χ0) is 13.7. The van der Waals surface area contributed by atoms with Gasteiger partial charge in [0.25, 0.3) is 0 Å². The van der Waals surface area contributed by atoms with E-state index in [1.54, 1.807) is 13.8 Å². The fourth-order valence-corrected chi connectivity index (χ4v) is 2.98. The van der Waals surface area contributed by atoms with Crippen molar-refractivity contribution in [2.24, 2.45) is 11.3 Å². The molecule has 98 valence electrons. The van der Waals surface area contributed by atoms with Gasteiger partial charge in [-0.1, -0.05) is 6.92 Å². The van der Waals surface area contributed by atoms with Gasteiger partial charge in [0.2, 0.25) is 0 Å². The molecule has 0 saturated heterocycles. The summed E-state index contributed by atoms with van der Waals surface area (Å²) in [5, 5.41) is 17.4. The van der Waals surface area contributed by atoms with Gasteiger partial charge in [-0.3, -0.25) is 4.79 Å². The molecule has 0 fully saturated rings. The Balaban J connectivity index is 4.22. The van der Waals surface area contributed by atoms with Crippen LogP contribution in [-0.4, -0.2) is 31.0 Å². The topological polar surface area (TPSA) is 95.2 Å². The summed E-state index contributed by atoms with van der Waals surface area (Å²) in [5.74, 6) is -2.39. The van der Waals surface area contributed by atoms with Crippen molar-refractivity contribution in [3.8, 4) is 6.07 Å². The molecule has 0 spiro atoms. The molecule has 0 aromatic carbocycles. The zero-order valence-corrected chi connectivity index (χ0v) is 11.2. The smallest absolute Gasteiger partial charge is 0.307 e. The van der Waals surface area contributed by atoms with Gasteiger partial charge in [-0.25, -0.2) is 8.42 Å². The molecule has 1 unspecified atom stereocenters. The average molecular weight is 261 g/mol. The Morgan fingerprint density at radius 2 is 2.00 bits per heavy atom. The molecular weight excluding hydrogens is 242 g/mol. The number of carbonyl (C=O) groups is 1. The van der Waals surface area contributed by atoms with Crippen LogP contribution < -0.4 is 0 Å². The summed E-state index contributed by atoms with van der Waals surface area (Å²) in [5.41, 5.74) is -0.534. The van der Waals surface area contributed by atoms with Crippen molar-refractivity contribution in [3.05, 3.63) is 0 Å². The van der Waals surface area contributed by atoms with Gasteiger partial charge in [-0.2, -0.15) is 5.26 Å². The van der Waals surface area contributed by atoms with E-state index in [9.17, 15) is 13.2 Å². The SMILES string of the molecule is CC(CS(=O)(=O)CCCC(C)(C)C#N)C(=O)O. The van der Waals surface area contributed by atoms with E-state index in [2.05, 4.69) is 6.07 Å². The van der Waals surface area contributed by atoms with Crippen LogP contribution in [-0.2, 0) is 14.6 Å². The van der Waals surface area contributed by atoms with E-state index in [4.69, 9.17) is 10.4 Å². The van der Waals surface area contributed by atoms with E-state index in [0.29, 0.717) is 12.8 Å². The fraction of sp³-hybridized carbons (Fsp3) is 0.818. The van der Waals surface area contributed by atoms with Crippen LogP contribution in [0.3, 0.4) is 0 Å². The van der Waals surface area contributed by atoms with Crippen molar-refractivity contribution in [2.45, 2.75) is 33.6 Å². The number of carboxylic acid groups (broad SMARTS) is 1. The number of hydrogen-bond acceptors (Lipinski definition) is 4. The van der Waals surface area contributed by atoms with Crippen LogP contribution in [0.4, 0.5) is 0 Å². The van der Waals surface area contributed by atoms with Crippen LogP contribution in [0.5, 0.6) is 0 Å². The van der Waals surface area contributed by atoms with Gasteiger partial charge in [0, 0.05) is 0 Å². The van der Waals surface area contributed by atoms with Crippen LogP contribution in [0, 0.1) is 22.7 Å². The standard InChI is InChI=1S/C11H19NO4S/c1-9(10(13)14)7-17(15,16)6-4-5-11(2,3)8-12/h9H,4-7H2,1-3H3,(H,13,14). The average Bonchev–Trinajstić information content (AvgIpc) is 2.16. The molecule has 0 bridgehead atoms. The maximum atomic E-state index is 11.6. The first-order valence-electron chi connectivity index (χ1n) is 5.44. The fourth-order valence-electron chi connectivity index (χ4n) is 1.33. The molecular formula is C11H19NO4S. The maximum absolute atomic E-state index is 11.6. The summed E-state index contributed by atoms with van der Waals surface area (Å²) in [6, 6.07) is 2.10. The minimum atomic E-state index is -3.35. The summed E-state index contributed by atoms with van der Waals surface area (Å²) in [6.07, 6.45) is 0.874. The van der Waals surface area contributed by atoms with Gasteiger partial charge < -0.3 is 5.11 Å². The molecule has 0 aromatic rings. The molecule has 6 heteroatoms. The van der Waals surface area contributed by atoms with Crippen molar-refractivity contribution in [1.29, 1.82) is 5.26 Å². The highest BCUT2D eigenvalue weighted by atomic mass is 32.2. The first-order chi connectivity index (χ1) is 7.59. The van der Waals surface area contributed by atoms with Crippen molar-refractivity contribution in [2.75, 3.05) is 11.5 Å². The Morgan fingerprint density at radius 1 is 1.47 bits per heavy atom. The normalized spacial score (nSPS) is 14.0. The Hall–Kier alpha value is -1.09. The van der Waals surface area contributed by atoms with Crippen molar-refractivity contribution >= 4 is 15.8 Å². The van der Waals surface area contributed by atoms with Crippen molar-refractivity contribution in [1.82, 2.24) is 0 Å². The molecule has 17 heavy (non-hydrogen) atoms. The second kappa shape index (κ2) is 6.01. The summed E-state index contributed by atoms with van der Waals surface area (Å²) in [6.45, 7) is 4.87. The number of hydrogen-bond donors (Lipinski definition) is 1. The molecule has 0 heterocycles. The van der Waals surface area contributed by atoms with E-state index in [-0.39, 0.29) is 11.5 Å². The van der Waals surface area contributed by atoms with E-state index < -0.39 is 27.1 Å². The Labute approximate surface area is 102 Å². The maximum Gasteiger partial charge on any atom is 0.307 e. The molecule has 0 amide bonds. The van der Waals surface area contributed by atoms with Crippen LogP contribution in [0.25, 0.3) is 0 Å². The number of nitriles is 1. The predicted molar refractivity (Wildman–Crippen MR) is 64.1 cm³/mol. The molecule has 1 atom stereocenters. The Bertz CT molecular complexity index is 406. The van der Waals surface area contributed by atoms with E-state index in [1.807, 2.05) is 0 Å². The monoisotopic (exact) mass is 261 g/mol. The van der Waals surface area contributed by atoms with Crippen LogP contribution >= 0.6 is 0 Å². The summed E-state index contributed by atoms with van der Waals surface area (Å²) < 4.78 is 23.1. The number of rotatable bonds is 7. The van der Waals surface area contributed by atoms with Crippen molar-refractivity contribution in [3.63, 3.8) is 0 Å². The van der Waals surface area contributed by atoms with E-state index in [0.717, 1.165) is 0 Å². The molecule has 0 aliphatic heterocycles. The predicted octanol–water partition coefficient (Wildman–Crippen LogP) is 1.45. The number of sulfone groups is 1. The van der Waals surface area contributed by atoms with Gasteiger partial charge in [0.1, 0.15) is 0 Å². The summed E-state index contributed by atoms with van der Waals surface area (Å²) >= 11 is 0. The molecule has 0 saturated carbocycles. The molecule has 0 aliphatic rings. The van der Waals surface area contributed by atoms with Crippen LogP contribution in [0.1, 0.15) is 33.6 Å².